The Kier molecular flexibility index (Phi) is 5.71. The monoisotopic (exact) mass is 394 g/mol. The van der Waals surface area contributed by atoms with Gasteiger partial charge in [-0.3, -0.25) is 4.79 Å². The van der Waals surface area contributed by atoms with Crippen molar-refractivity contribution < 1.29 is 9.90 Å². The Balaban J connectivity index is 1.49. The molecule has 0 saturated heterocycles. The van der Waals surface area contributed by atoms with Crippen LogP contribution in [-0.2, 0) is 17.6 Å². The SMILES string of the molecule is O=C(O)CC(c1cncnc1)C1(CCCc2ccc3c(n2)NCCC3)C=CNN1. The van der Waals surface area contributed by atoms with Crippen molar-refractivity contribution in [1.82, 2.24) is 25.8 Å². The minimum Gasteiger partial charge on any atom is -0.481 e. The number of aliphatic carboxylic acids is 1. The summed E-state index contributed by atoms with van der Waals surface area (Å²) in [5, 5.41) is 12.9. The smallest absolute Gasteiger partial charge is 0.304 e. The Labute approximate surface area is 169 Å². The minimum absolute atomic E-state index is 0.00654. The lowest BCUT2D eigenvalue weighted by Gasteiger charge is -2.35. The first-order valence-corrected chi connectivity index (χ1v) is 10.1. The van der Waals surface area contributed by atoms with Crippen LogP contribution in [0.25, 0.3) is 0 Å². The number of rotatable bonds is 8. The van der Waals surface area contributed by atoms with E-state index in [1.807, 2.05) is 12.3 Å². The molecule has 4 N–H and O–H groups in total. The molecule has 2 aromatic heterocycles. The van der Waals surface area contributed by atoms with Gasteiger partial charge in [0.05, 0.1) is 12.0 Å². The van der Waals surface area contributed by atoms with Crippen LogP contribution >= 0.6 is 0 Å². The zero-order chi connectivity index (χ0) is 20.1. The maximum Gasteiger partial charge on any atom is 0.304 e. The molecule has 8 heteroatoms. The first-order chi connectivity index (χ1) is 14.2. The van der Waals surface area contributed by atoms with Crippen LogP contribution in [0.5, 0.6) is 0 Å². The molecular weight excluding hydrogens is 368 g/mol. The number of aryl methyl sites for hydroxylation is 2. The molecular formula is C21H26N6O2. The number of carbonyl (C=O) groups is 1. The highest BCUT2D eigenvalue weighted by Crippen LogP contribution is 2.37. The molecule has 4 rings (SSSR count). The maximum absolute atomic E-state index is 11.6. The van der Waals surface area contributed by atoms with Crippen LogP contribution in [0, 0.1) is 0 Å². The lowest BCUT2D eigenvalue weighted by molar-refractivity contribution is -0.137. The zero-order valence-electron chi connectivity index (χ0n) is 16.3. The van der Waals surface area contributed by atoms with Gasteiger partial charge in [0.25, 0.3) is 0 Å². The third-order valence-electron chi connectivity index (χ3n) is 5.73. The zero-order valence-corrected chi connectivity index (χ0v) is 16.3. The van der Waals surface area contributed by atoms with Gasteiger partial charge in [0, 0.05) is 36.8 Å². The van der Waals surface area contributed by atoms with E-state index in [4.69, 9.17) is 4.98 Å². The molecule has 152 valence electrons. The number of anilines is 1. The van der Waals surface area contributed by atoms with Crippen LogP contribution in [0.2, 0.25) is 0 Å². The molecule has 2 aromatic rings. The topological polar surface area (TPSA) is 112 Å². The number of hydrazine groups is 1. The Morgan fingerprint density at radius 1 is 1.28 bits per heavy atom. The summed E-state index contributed by atoms with van der Waals surface area (Å²) in [6.07, 6.45) is 13.4. The van der Waals surface area contributed by atoms with Crippen molar-refractivity contribution in [2.75, 3.05) is 11.9 Å². The fraction of sp³-hybridized carbons (Fsp3) is 0.429. The summed E-state index contributed by atoms with van der Waals surface area (Å²) in [5.74, 6) is -0.123. The molecule has 29 heavy (non-hydrogen) atoms. The number of carboxylic acid groups (broad SMARTS) is 1. The van der Waals surface area contributed by atoms with Gasteiger partial charge in [-0.25, -0.2) is 20.4 Å². The predicted molar refractivity (Wildman–Crippen MR) is 109 cm³/mol. The molecule has 0 bridgehead atoms. The van der Waals surface area contributed by atoms with E-state index in [9.17, 15) is 9.90 Å². The quantitative estimate of drug-likeness (QED) is 0.539. The van der Waals surface area contributed by atoms with Crippen LogP contribution in [0.4, 0.5) is 5.82 Å². The lowest BCUT2D eigenvalue weighted by Crippen LogP contribution is -2.49. The van der Waals surface area contributed by atoms with Gasteiger partial charge in [0.1, 0.15) is 12.1 Å². The fourth-order valence-corrected chi connectivity index (χ4v) is 4.26. The number of nitrogens with one attached hydrogen (secondary N) is 3. The second-order valence-electron chi connectivity index (χ2n) is 7.66. The molecule has 4 heterocycles. The molecule has 2 unspecified atom stereocenters. The van der Waals surface area contributed by atoms with Gasteiger partial charge in [0.2, 0.25) is 0 Å². The van der Waals surface area contributed by atoms with Gasteiger partial charge in [-0.15, -0.1) is 0 Å². The standard InChI is InChI=1S/C21H26N6O2/c28-19(29)11-18(16-12-22-14-23-13-16)21(8-10-25-27-21)7-1-4-17-6-5-15-3-2-9-24-20(15)26-17/h5-6,8,10,12-14,18,25,27H,1-4,7,9,11H2,(H,24,26)(H,28,29). The molecule has 0 radical (unpaired) electrons. The molecule has 0 aromatic carbocycles. The van der Waals surface area contributed by atoms with E-state index in [1.165, 1.54) is 11.9 Å². The molecule has 2 aliphatic heterocycles. The molecule has 0 saturated carbocycles. The number of fused-ring (bicyclic) bond motifs is 1. The summed E-state index contributed by atoms with van der Waals surface area (Å²) in [6, 6.07) is 4.28. The number of nitrogens with zero attached hydrogens (tertiary/aromatic N) is 3. The number of pyridine rings is 1. The van der Waals surface area contributed by atoms with Gasteiger partial charge in [-0.05, 0) is 55.4 Å². The van der Waals surface area contributed by atoms with E-state index in [0.717, 1.165) is 55.7 Å². The summed E-state index contributed by atoms with van der Waals surface area (Å²) < 4.78 is 0. The van der Waals surface area contributed by atoms with Crippen LogP contribution in [-0.4, -0.2) is 38.1 Å². The summed E-state index contributed by atoms with van der Waals surface area (Å²) in [7, 11) is 0. The van der Waals surface area contributed by atoms with E-state index in [0.29, 0.717) is 0 Å². The molecule has 0 amide bonds. The van der Waals surface area contributed by atoms with Gasteiger partial charge >= 0.3 is 5.97 Å². The van der Waals surface area contributed by atoms with E-state index in [-0.39, 0.29) is 12.3 Å². The largest absolute Gasteiger partial charge is 0.481 e. The van der Waals surface area contributed by atoms with Crippen molar-refractivity contribution in [3.05, 3.63) is 60.0 Å². The van der Waals surface area contributed by atoms with Crippen LogP contribution in [0.1, 0.15) is 48.4 Å². The van der Waals surface area contributed by atoms with Crippen molar-refractivity contribution in [3.8, 4) is 0 Å². The third kappa shape index (κ3) is 4.37. The van der Waals surface area contributed by atoms with Gasteiger partial charge in [-0.2, -0.15) is 0 Å². The second-order valence-corrected chi connectivity index (χ2v) is 7.66. The Morgan fingerprint density at radius 2 is 2.14 bits per heavy atom. The molecule has 0 aliphatic carbocycles. The van der Waals surface area contributed by atoms with E-state index >= 15 is 0 Å². The lowest BCUT2D eigenvalue weighted by atomic mass is 9.75. The average molecular weight is 394 g/mol. The predicted octanol–water partition coefficient (Wildman–Crippen LogP) is 2.17. The molecule has 0 spiro atoms. The summed E-state index contributed by atoms with van der Waals surface area (Å²) in [6.45, 7) is 0.975. The van der Waals surface area contributed by atoms with Crippen molar-refractivity contribution in [1.29, 1.82) is 0 Å². The molecule has 8 nitrogen and oxygen atoms in total. The Bertz CT molecular complexity index is 888. The van der Waals surface area contributed by atoms with E-state index in [1.54, 1.807) is 12.4 Å². The Morgan fingerprint density at radius 3 is 2.90 bits per heavy atom. The maximum atomic E-state index is 11.6. The first-order valence-electron chi connectivity index (χ1n) is 10.1. The van der Waals surface area contributed by atoms with Crippen molar-refractivity contribution in [2.24, 2.45) is 0 Å². The summed E-state index contributed by atoms with van der Waals surface area (Å²) in [4.78, 5) is 24.5. The summed E-state index contributed by atoms with van der Waals surface area (Å²) in [5.41, 5.74) is 8.97. The normalized spacial score (nSPS) is 21.1. The third-order valence-corrected chi connectivity index (χ3v) is 5.73. The van der Waals surface area contributed by atoms with Crippen molar-refractivity contribution in [3.63, 3.8) is 0 Å². The first kappa shape index (κ1) is 19.3. The summed E-state index contributed by atoms with van der Waals surface area (Å²) >= 11 is 0. The van der Waals surface area contributed by atoms with E-state index < -0.39 is 11.5 Å². The van der Waals surface area contributed by atoms with Gasteiger partial charge in [0.15, 0.2) is 0 Å². The fourth-order valence-electron chi connectivity index (χ4n) is 4.26. The second kappa shape index (κ2) is 8.57. The average Bonchev–Trinajstić information content (AvgIpc) is 3.22. The van der Waals surface area contributed by atoms with Crippen molar-refractivity contribution >= 4 is 11.8 Å². The van der Waals surface area contributed by atoms with Gasteiger partial charge in [-0.1, -0.05) is 6.07 Å². The molecule has 2 atom stereocenters. The number of hydrogen-bond donors (Lipinski definition) is 4. The molecule has 2 aliphatic rings. The highest BCUT2D eigenvalue weighted by Gasteiger charge is 2.40. The van der Waals surface area contributed by atoms with Crippen molar-refractivity contribution in [2.45, 2.75) is 50.0 Å². The number of hydrogen-bond acceptors (Lipinski definition) is 7. The molecule has 0 fully saturated rings. The van der Waals surface area contributed by atoms with E-state index in [2.05, 4.69) is 38.3 Å². The van der Waals surface area contributed by atoms with Gasteiger partial charge < -0.3 is 15.8 Å². The van der Waals surface area contributed by atoms with Crippen LogP contribution in [0.15, 0.2) is 43.1 Å². The highest BCUT2D eigenvalue weighted by atomic mass is 16.4. The number of carboxylic acids is 1. The van der Waals surface area contributed by atoms with Crippen LogP contribution < -0.4 is 16.2 Å². The van der Waals surface area contributed by atoms with Crippen LogP contribution in [0.3, 0.4) is 0 Å². The Hall–Kier alpha value is -3.00. The minimum atomic E-state index is -0.845. The number of aromatic nitrogens is 3. The highest BCUT2D eigenvalue weighted by molar-refractivity contribution is 5.68.